The Balaban J connectivity index is 2.10. The molecule has 0 bridgehead atoms. The van der Waals surface area contributed by atoms with Gasteiger partial charge in [-0.1, -0.05) is 0 Å². The molecule has 0 aliphatic rings. The molecule has 6 heteroatoms. The van der Waals surface area contributed by atoms with Gasteiger partial charge in [0.2, 0.25) is 11.7 Å². The minimum atomic E-state index is -0.633. The monoisotopic (exact) mass is 248 g/mol. The van der Waals surface area contributed by atoms with Crippen LogP contribution in [-0.2, 0) is 9.53 Å². The number of primary amides is 1. The number of rotatable bonds is 4. The lowest BCUT2D eigenvalue weighted by atomic mass is 10.2. The largest absolute Gasteiger partial charge is 0.459 e. The Hall–Kier alpha value is -2.50. The van der Waals surface area contributed by atoms with Crippen molar-refractivity contribution < 1.29 is 18.7 Å². The van der Waals surface area contributed by atoms with Crippen molar-refractivity contribution in [3.63, 3.8) is 0 Å². The number of furan rings is 1. The second-order valence-corrected chi connectivity index (χ2v) is 3.76. The SMILES string of the molecule is NC(=O)CCOC(=O)c1cc2cc(N)ccc2o1. The zero-order chi connectivity index (χ0) is 13.1. The van der Waals surface area contributed by atoms with Crippen molar-refractivity contribution in [3.8, 4) is 0 Å². The molecule has 2 aromatic rings. The number of hydrogen-bond acceptors (Lipinski definition) is 5. The summed E-state index contributed by atoms with van der Waals surface area (Å²) in [4.78, 5) is 22.1. The fourth-order valence-electron chi connectivity index (χ4n) is 1.48. The van der Waals surface area contributed by atoms with Crippen molar-refractivity contribution in [2.24, 2.45) is 5.73 Å². The van der Waals surface area contributed by atoms with Crippen LogP contribution in [-0.4, -0.2) is 18.5 Å². The molecule has 1 aromatic heterocycles. The summed E-state index contributed by atoms with van der Waals surface area (Å²) in [5.74, 6) is -1.09. The van der Waals surface area contributed by atoms with Gasteiger partial charge in [-0.3, -0.25) is 4.79 Å². The number of amides is 1. The molecule has 4 N–H and O–H groups in total. The number of carbonyl (C=O) groups excluding carboxylic acids is 2. The molecule has 18 heavy (non-hydrogen) atoms. The van der Waals surface area contributed by atoms with Crippen LogP contribution < -0.4 is 11.5 Å². The Kier molecular flexibility index (Phi) is 3.18. The van der Waals surface area contributed by atoms with E-state index in [0.717, 1.165) is 5.39 Å². The molecule has 0 fully saturated rings. The lowest BCUT2D eigenvalue weighted by Crippen LogP contribution is -2.15. The van der Waals surface area contributed by atoms with E-state index in [2.05, 4.69) is 0 Å². The first-order valence-electron chi connectivity index (χ1n) is 5.31. The van der Waals surface area contributed by atoms with Gasteiger partial charge in [0.25, 0.3) is 0 Å². The van der Waals surface area contributed by atoms with Gasteiger partial charge in [0.05, 0.1) is 6.42 Å². The lowest BCUT2D eigenvalue weighted by Gasteiger charge is -1.99. The summed E-state index contributed by atoms with van der Waals surface area (Å²) in [6.07, 6.45) is -0.0150. The number of carbonyl (C=O) groups is 2. The molecule has 0 unspecified atom stereocenters. The van der Waals surface area contributed by atoms with Gasteiger partial charge in [-0.2, -0.15) is 0 Å². The summed E-state index contributed by atoms with van der Waals surface area (Å²) >= 11 is 0. The van der Waals surface area contributed by atoms with Crippen molar-refractivity contribution in [3.05, 3.63) is 30.0 Å². The van der Waals surface area contributed by atoms with Crippen LogP contribution in [0.25, 0.3) is 11.0 Å². The molecule has 1 amide bonds. The molecule has 0 aliphatic carbocycles. The Morgan fingerprint density at radius 3 is 2.78 bits per heavy atom. The van der Waals surface area contributed by atoms with E-state index in [4.69, 9.17) is 20.6 Å². The molecule has 0 spiro atoms. The smallest absolute Gasteiger partial charge is 0.374 e. The zero-order valence-corrected chi connectivity index (χ0v) is 9.51. The predicted molar refractivity (Wildman–Crippen MR) is 64.7 cm³/mol. The maximum atomic E-state index is 11.6. The number of nitrogen functional groups attached to an aromatic ring is 1. The highest BCUT2D eigenvalue weighted by Crippen LogP contribution is 2.22. The first-order chi connectivity index (χ1) is 8.56. The fourth-order valence-corrected chi connectivity index (χ4v) is 1.48. The summed E-state index contributed by atoms with van der Waals surface area (Å²) in [7, 11) is 0. The summed E-state index contributed by atoms with van der Waals surface area (Å²) in [5.41, 5.74) is 11.7. The van der Waals surface area contributed by atoms with Crippen molar-refractivity contribution in [2.75, 3.05) is 12.3 Å². The second kappa shape index (κ2) is 4.79. The molecular weight excluding hydrogens is 236 g/mol. The van der Waals surface area contributed by atoms with Gasteiger partial charge < -0.3 is 20.6 Å². The summed E-state index contributed by atoms with van der Waals surface area (Å²) in [5, 5.41) is 0.719. The highest BCUT2D eigenvalue weighted by molar-refractivity contribution is 5.93. The van der Waals surface area contributed by atoms with E-state index in [1.807, 2.05) is 0 Å². The van der Waals surface area contributed by atoms with Crippen LogP contribution in [0, 0.1) is 0 Å². The van der Waals surface area contributed by atoms with E-state index in [0.29, 0.717) is 11.3 Å². The van der Waals surface area contributed by atoms with E-state index in [1.54, 1.807) is 18.2 Å². The fraction of sp³-hybridized carbons (Fsp3) is 0.167. The first-order valence-corrected chi connectivity index (χ1v) is 5.31. The molecular formula is C12H12N2O4. The average Bonchev–Trinajstić information content (AvgIpc) is 2.71. The summed E-state index contributed by atoms with van der Waals surface area (Å²) < 4.78 is 10.1. The van der Waals surface area contributed by atoms with E-state index in [1.165, 1.54) is 6.07 Å². The Morgan fingerprint density at radius 1 is 1.28 bits per heavy atom. The maximum absolute atomic E-state index is 11.6. The molecule has 2 rings (SSSR count). The van der Waals surface area contributed by atoms with Crippen LogP contribution in [0.4, 0.5) is 5.69 Å². The number of benzene rings is 1. The minimum absolute atomic E-state index is 0.0150. The third-order valence-electron chi connectivity index (χ3n) is 2.32. The topological polar surface area (TPSA) is 109 Å². The van der Waals surface area contributed by atoms with Crippen LogP contribution >= 0.6 is 0 Å². The normalized spacial score (nSPS) is 10.4. The standard InChI is InChI=1S/C12H12N2O4/c13-8-1-2-9-7(5-8)6-10(18-9)12(16)17-4-3-11(14)15/h1-2,5-6H,3-4,13H2,(H2,14,15). The van der Waals surface area contributed by atoms with Gasteiger partial charge in [0.1, 0.15) is 12.2 Å². The van der Waals surface area contributed by atoms with Gasteiger partial charge in [0.15, 0.2) is 0 Å². The van der Waals surface area contributed by atoms with E-state index in [-0.39, 0.29) is 18.8 Å². The number of hydrogen-bond donors (Lipinski definition) is 2. The third kappa shape index (κ3) is 2.60. The predicted octanol–water partition coefficient (Wildman–Crippen LogP) is 1.05. The highest BCUT2D eigenvalue weighted by Gasteiger charge is 2.14. The number of anilines is 1. The van der Waals surface area contributed by atoms with Gasteiger partial charge in [-0.15, -0.1) is 0 Å². The summed E-state index contributed by atoms with van der Waals surface area (Å²) in [6, 6.07) is 6.58. The van der Waals surface area contributed by atoms with Crippen LogP contribution in [0.3, 0.4) is 0 Å². The molecule has 1 heterocycles. The van der Waals surface area contributed by atoms with Crippen molar-refractivity contribution in [1.29, 1.82) is 0 Å². The van der Waals surface area contributed by atoms with Crippen LogP contribution in [0.15, 0.2) is 28.7 Å². The van der Waals surface area contributed by atoms with Gasteiger partial charge in [-0.25, -0.2) is 4.79 Å². The second-order valence-electron chi connectivity index (χ2n) is 3.76. The number of ether oxygens (including phenoxy) is 1. The van der Waals surface area contributed by atoms with Gasteiger partial charge in [0, 0.05) is 11.1 Å². The molecule has 0 saturated carbocycles. The molecule has 0 radical (unpaired) electrons. The van der Waals surface area contributed by atoms with Crippen molar-refractivity contribution in [1.82, 2.24) is 0 Å². The number of nitrogens with two attached hydrogens (primary N) is 2. The molecule has 0 atom stereocenters. The van der Waals surface area contributed by atoms with Crippen molar-refractivity contribution in [2.45, 2.75) is 6.42 Å². The van der Waals surface area contributed by atoms with E-state index in [9.17, 15) is 9.59 Å². The summed E-state index contributed by atoms with van der Waals surface area (Å²) in [6.45, 7) is -0.0622. The highest BCUT2D eigenvalue weighted by atomic mass is 16.5. The first kappa shape index (κ1) is 12.0. The number of fused-ring (bicyclic) bond motifs is 1. The van der Waals surface area contributed by atoms with E-state index >= 15 is 0 Å². The number of esters is 1. The average molecular weight is 248 g/mol. The quantitative estimate of drug-likeness (QED) is 0.620. The Morgan fingerprint density at radius 2 is 2.06 bits per heavy atom. The zero-order valence-electron chi connectivity index (χ0n) is 9.51. The molecule has 6 nitrogen and oxygen atoms in total. The van der Waals surface area contributed by atoms with Crippen LogP contribution in [0.2, 0.25) is 0 Å². The Bertz CT molecular complexity index is 603. The maximum Gasteiger partial charge on any atom is 0.374 e. The van der Waals surface area contributed by atoms with Gasteiger partial charge >= 0.3 is 5.97 Å². The lowest BCUT2D eigenvalue weighted by molar-refractivity contribution is -0.118. The molecule has 0 saturated heterocycles. The molecule has 0 aliphatic heterocycles. The Labute approximate surface area is 102 Å². The van der Waals surface area contributed by atoms with Crippen LogP contribution in [0.1, 0.15) is 17.0 Å². The van der Waals surface area contributed by atoms with Crippen molar-refractivity contribution >= 4 is 28.5 Å². The molecule has 94 valence electrons. The molecule has 1 aromatic carbocycles. The minimum Gasteiger partial charge on any atom is -0.459 e. The van der Waals surface area contributed by atoms with Crippen LogP contribution in [0.5, 0.6) is 0 Å². The van der Waals surface area contributed by atoms with E-state index < -0.39 is 11.9 Å². The van der Waals surface area contributed by atoms with Gasteiger partial charge in [-0.05, 0) is 24.3 Å². The third-order valence-corrected chi connectivity index (χ3v) is 2.32.